The summed E-state index contributed by atoms with van der Waals surface area (Å²) in [5.74, 6) is -1.45. The predicted octanol–water partition coefficient (Wildman–Crippen LogP) is 3.50. The Kier molecular flexibility index (Phi) is 17.6. The van der Waals surface area contributed by atoms with Crippen molar-refractivity contribution in [1.29, 1.82) is 5.26 Å². The van der Waals surface area contributed by atoms with Gasteiger partial charge in [0, 0.05) is 13.1 Å². The second kappa shape index (κ2) is 16.4. The van der Waals surface area contributed by atoms with Crippen molar-refractivity contribution in [3.63, 3.8) is 0 Å². The van der Waals surface area contributed by atoms with Crippen LogP contribution in [0.4, 0.5) is 13.2 Å². The first-order valence-corrected chi connectivity index (χ1v) is 10.3. The van der Waals surface area contributed by atoms with Crippen LogP contribution in [0.3, 0.4) is 0 Å². The SMILES string of the molecule is CC.CC(C#N)NC=O.CC(C)C.C[C@H]1CN(C(=O)CNC(=O)C(F)(F)F)CC1(C)C. The zero-order valence-corrected chi connectivity index (χ0v) is 20.2. The minimum atomic E-state index is -4.95. The summed E-state index contributed by atoms with van der Waals surface area (Å²) in [5, 5.41) is 11.8. The number of nitrogens with zero attached hydrogens (tertiary/aromatic N) is 2. The number of rotatable bonds is 4. The van der Waals surface area contributed by atoms with Gasteiger partial charge in [0.25, 0.3) is 0 Å². The number of alkyl halides is 3. The average molecular weight is 453 g/mol. The molecular weight excluding hydrogens is 413 g/mol. The number of nitrogens with one attached hydrogen (secondary N) is 2. The molecule has 0 saturated carbocycles. The molecule has 1 saturated heterocycles. The van der Waals surface area contributed by atoms with E-state index >= 15 is 0 Å². The zero-order valence-electron chi connectivity index (χ0n) is 20.2. The molecule has 1 rings (SSSR count). The van der Waals surface area contributed by atoms with Gasteiger partial charge in [0.1, 0.15) is 6.04 Å². The van der Waals surface area contributed by atoms with Crippen LogP contribution in [0.25, 0.3) is 0 Å². The van der Waals surface area contributed by atoms with Crippen molar-refractivity contribution in [3.8, 4) is 6.07 Å². The van der Waals surface area contributed by atoms with Crippen LogP contribution in [0.2, 0.25) is 0 Å². The van der Waals surface area contributed by atoms with Gasteiger partial charge in [-0.25, -0.2) is 0 Å². The number of amides is 3. The Morgan fingerprint density at radius 3 is 1.94 bits per heavy atom. The highest BCUT2D eigenvalue weighted by molar-refractivity contribution is 5.87. The maximum atomic E-state index is 11.9. The summed E-state index contributed by atoms with van der Waals surface area (Å²) >= 11 is 0. The Labute approximate surface area is 184 Å². The van der Waals surface area contributed by atoms with Crippen LogP contribution in [-0.4, -0.2) is 55.0 Å². The molecule has 0 aromatic heterocycles. The van der Waals surface area contributed by atoms with E-state index in [1.165, 1.54) is 4.90 Å². The number of nitriles is 1. The smallest absolute Gasteiger partial charge is 0.343 e. The number of halogens is 3. The zero-order chi connectivity index (χ0) is 25.4. The number of carbonyl (C=O) groups excluding carboxylic acids is 3. The number of hydrogen-bond acceptors (Lipinski definition) is 4. The summed E-state index contributed by atoms with van der Waals surface area (Å²) in [6, 6.07) is 1.46. The minimum Gasteiger partial charge on any atom is -0.343 e. The van der Waals surface area contributed by atoms with Crippen LogP contribution in [-0.2, 0) is 14.4 Å². The highest BCUT2D eigenvalue weighted by atomic mass is 19.4. The molecule has 2 N–H and O–H groups in total. The van der Waals surface area contributed by atoms with Gasteiger partial charge >= 0.3 is 12.1 Å². The maximum Gasteiger partial charge on any atom is 0.471 e. The largest absolute Gasteiger partial charge is 0.471 e. The van der Waals surface area contributed by atoms with E-state index < -0.39 is 24.5 Å². The van der Waals surface area contributed by atoms with Gasteiger partial charge in [0.05, 0.1) is 12.6 Å². The molecular formula is C21H39F3N4O3. The van der Waals surface area contributed by atoms with Gasteiger partial charge < -0.3 is 15.5 Å². The normalized spacial score (nSPS) is 17.3. The quantitative estimate of drug-likeness (QED) is 0.637. The van der Waals surface area contributed by atoms with E-state index in [-0.39, 0.29) is 17.4 Å². The number of hydrogen-bond donors (Lipinski definition) is 2. The van der Waals surface area contributed by atoms with Crippen molar-refractivity contribution < 1.29 is 27.6 Å². The third kappa shape index (κ3) is 17.1. The third-order valence-corrected chi connectivity index (χ3v) is 3.95. The van der Waals surface area contributed by atoms with E-state index in [0.717, 1.165) is 5.92 Å². The molecule has 2 atom stereocenters. The van der Waals surface area contributed by atoms with E-state index in [1.807, 2.05) is 40.7 Å². The molecule has 0 aromatic carbocycles. The van der Waals surface area contributed by atoms with Crippen LogP contribution >= 0.6 is 0 Å². The first-order valence-electron chi connectivity index (χ1n) is 10.3. The van der Waals surface area contributed by atoms with Crippen LogP contribution in [0.1, 0.15) is 62.3 Å². The average Bonchev–Trinajstić information content (AvgIpc) is 2.93. The molecule has 3 amide bonds. The van der Waals surface area contributed by atoms with Crippen LogP contribution < -0.4 is 10.6 Å². The van der Waals surface area contributed by atoms with Crippen molar-refractivity contribution in [2.75, 3.05) is 19.6 Å². The van der Waals surface area contributed by atoms with Gasteiger partial charge in [-0.05, 0) is 24.2 Å². The van der Waals surface area contributed by atoms with Gasteiger partial charge in [0.2, 0.25) is 12.3 Å². The summed E-state index contributed by atoms with van der Waals surface area (Å²) in [7, 11) is 0. The first kappa shape index (κ1) is 33.3. The standard InChI is InChI=1S/C11H17F3N2O2.C4H6N2O.C4H10.C2H6/c1-7-5-16(6-10(7,2)3)8(17)4-15-9(18)11(12,13)14;1-4(2-5)6-3-7;1-4(2)3;1-2/h7H,4-6H2,1-3H3,(H,15,18);3-4H,1H3,(H,6,7);4H,1-3H3;1-2H3/t7-;;;/m0.../s1. The molecule has 0 aliphatic carbocycles. The lowest BCUT2D eigenvalue weighted by atomic mass is 9.84. The molecule has 0 bridgehead atoms. The van der Waals surface area contributed by atoms with Gasteiger partial charge in [-0.15, -0.1) is 0 Å². The second-order valence-electron chi connectivity index (χ2n) is 8.21. The molecule has 0 radical (unpaired) electrons. The topological polar surface area (TPSA) is 102 Å². The fraction of sp³-hybridized carbons (Fsp3) is 0.810. The summed E-state index contributed by atoms with van der Waals surface area (Å²) < 4.78 is 35.8. The molecule has 1 unspecified atom stereocenters. The Morgan fingerprint density at radius 1 is 1.23 bits per heavy atom. The Bertz CT molecular complexity index is 570. The number of likely N-dealkylation sites (tertiary alicyclic amines) is 1. The number of carbonyl (C=O) groups is 3. The summed E-state index contributed by atoms with van der Waals surface area (Å²) in [5.41, 5.74) is -0.0519. The Morgan fingerprint density at radius 2 is 1.68 bits per heavy atom. The first-order chi connectivity index (χ1) is 14.1. The fourth-order valence-corrected chi connectivity index (χ4v) is 1.99. The fourth-order valence-electron chi connectivity index (χ4n) is 1.99. The molecule has 1 aliphatic rings. The lowest BCUT2D eigenvalue weighted by Crippen LogP contribution is -2.44. The molecule has 0 aromatic rings. The Hall–Kier alpha value is -2.31. The van der Waals surface area contributed by atoms with E-state index in [9.17, 15) is 27.6 Å². The Balaban J connectivity index is -0.000000498. The highest BCUT2D eigenvalue weighted by Gasteiger charge is 2.41. The van der Waals surface area contributed by atoms with Gasteiger partial charge in [-0.3, -0.25) is 14.4 Å². The lowest BCUT2D eigenvalue weighted by molar-refractivity contribution is -0.174. The van der Waals surface area contributed by atoms with Gasteiger partial charge in [0.15, 0.2) is 0 Å². The maximum absolute atomic E-state index is 11.9. The van der Waals surface area contributed by atoms with E-state index in [2.05, 4.69) is 26.1 Å². The van der Waals surface area contributed by atoms with Crippen LogP contribution in [0.15, 0.2) is 0 Å². The molecule has 0 spiro atoms. The summed E-state index contributed by atoms with van der Waals surface area (Å²) in [4.78, 5) is 33.2. The highest BCUT2D eigenvalue weighted by Crippen LogP contribution is 2.34. The van der Waals surface area contributed by atoms with Crippen LogP contribution in [0, 0.1) is 28.6 Å². The van der Waals surface area contributed by atoms with Crippen molar-refractivity contribution in [1.82, 2.24) is 15.5 Å². The molecule has 1 aliphatic heterocycles. The van der Waals surface area contributed by atoms with E-state index in [1.54, 1.807) is 12.2 Å². The molecule has 1 fully saturated rings. The summed E-state index contributed by atoms with van der Waals surface area (Å²) in [6.07, 6.45) is -4.44. The van der Waals surface area contributed by atoms with Crippen molar-refractivity contribution in [3.05, 3.63) is 0 Å². The third-order valence-electron chi connectivity index (χ3n) is 3.95. The van der Waals surface area contributed by atoms with Crippen molar-refractivity contribution in [2.24, 2.45) is 17.3 Å². The summed E-state index contributed by atoms with van der Waals surface area (Å²) in [6.45, 7) is 18.5. The molecule has 10 heteroatoms. The monoisotopic (exact) mass is 452 g/mol. The van der Waals surface area contributed by atoms with Crippen molar-refractivity contribution >= 4 is 18.2 Å². The molecule has 1 heterocycles. The van der Waals surface area contributed by atoms with E-state index in [0.29, 0.717) is 19.5 Å². The second-order valence-corrected chi connectivity index (χ2v) is 8.21. The lowest BCUT2D eigenvalue weighted by Gasteiger charge is -2.22. The minimum absolute atomic E-state index is 0.0519. The van der Waals surface area contributed by atoms with E-state index in [4.69, 9.17) is 5.26 Å². The van der Waals surface area contributed by atoms with Crippen molar-refractivity contribution in [2.45, 2.75) is 74.5 Å². The molecule has 182 valence electrons. The molecule has 31 heavy (non-hydrogen) atoms. The van der Waals surface area contributed by atoms with Gasteiger partial charge in [-0.2, -0.15) is 18.4 Å². The van der Waals surface area contributed by atoms with Gasteiger partial charge in [-0.1, -0.05) is 55.4 Å². The predicted molar refractivity (Wildman–Crippen MR) is 115 cm³/mol. The van der Waals surface area contributed by atoms with Crippen LogP contribution in [0.5, 0.6) is 0 Å². The molecule has 7 nitrogen and oxygen atoms in total.